The minimum absolute atomic E-state index is 0.500. The monoisotopic (exact) mass is 138 g/mol. The maximum atomic E-state index is 9.50. The van der Waals surface area contributed by atoms with Gasteiger partial charge in [0.15, 0.2) is 0 Å². The molecule has 10 heavy (non-hydrogen) atoms. The summed E-state index contributed by atoms with van der Waals surface area (Å²) >= 11 is 0. The molecular formula is C9H11F. The van der Waals surface area contributed by atoms with Crippen molar-refractivity contribution < 1.29 is 4.39 Å². The highest BCUT2D eigenvalue weighted by atomic mass is 19.1. The fourth-order valence-electron chi connectivity index (χ4n) is 0.589. The summed E-state index contributed by atoms with van der Waals surface area (Å²) in [6.45, 7) is 3.63. The molecule has 0 bridgehead atoms. The van der Waals surface area contributed by atoms with Crippen molar-refractivity contribution in [3.63, 3.8) is 0 Å². The smallest absolute Gasteiger partial charge is 0.0785 e. The lowest BCUT2D eigenvalue weighted by Gasteiger charge is -1.85. The molecule has 0 fully saturated rings. The van der Waals surface area contributed by atoms with E-state index in [0.29, 0.717) is 7.18 Å². The first kappa shape index (κ1) is 8.89. The molecule has 1 heteroatoms. The van der Waals surface area contributed by atoms with Crippen LogP contribution < -0.4 is 0 Å². The Labute approximate surface area is 61.0 Å². The zero-order valence-electron chi connectivity index (χ0n) is 6.05. The molecule has 0 saturated carbocycles. The van der Waals surface area contributed by atoms with Crippen LogP contribution in [0.1, 0.15) is 5.56 Å². The van der Waals surface area contributed by atoms with E-state index in [9.17, 15) is 4.39 Å². The van der Waals surface area contributed by atoms with Crippen LogP contribution in [-0.4, -0.2) is 7.18 Å². The topological polar surface area (TPSA) is 0 Å². The maximum absolute atomic E-state index is 9.50. The number of hydrogen-bond acceptors (Lipinski definition) is 0. The number of hydrogen-bond donors (Lipinski definition) is 0. The number of rotatable bonds is 1. The van der Waals surface area contributed by atoms with Gasteiger partial charge in [-0.1, -0.05) is 43.0 Å². The number of benzene rings is 1. The van der Waals surface area contributed by atoms with Crippen LogP contribution in [0.4, 0.5) is 4.39 Å². The van der Waals surface area contributed by atoms with E-state index in [2.05, 4.69) is 6.58 Å². The van der Waals surface area contributed by atoms with Crippen LogP contribution in [0.2, 0.25) is 0 Å². The van der Waals surface area contributed by atoms with E-state index >= 15 is 0 Å². The summed E-state index contributed by atoms with van der Waals surface area (Å²) in [5.74, 6) is 0. The predicted octanol–water partition coefficient (Wildman–Crippen LogP) is 2.92. The summed E-state index contributed by atoms with van der Waals surface area (Å²) in [6.07, 6.45) is 1.83. The van der Waals surface area contributed by atoms with E-state index in [1.807, 2.05) is 36.4 Å². The number of alkyl halides is 1. The molecule has 54 valence electrons. The lowest BCUT2D eigenvalue weighted by Crippen LogP contribution is -1.63. The van der Waals surface area contributed by atoms with Crippen LogP contribution in [0.3, 0.4) is 0 Å². The lowest BCUT2D eigenvalue weighted by atomic mass is 10.2. The Bertz CT molecular complexity index is 167. The minimum atomic E-state index is 0.500. The Morgan fingerprint density at radius 1 is 1.20 bits per heavy atom. The molecule has 0 N–H and O–H groups in total. The molecule has 0 aliphatic heterocycles. The molecule has 1 rings (SSSR count). The molecule has 0 radical (unpaired) electrons. The van der Waals surface area contributed by atoms with Crippen molar-refractivity contribution >= 4 is 6.08 Å². The van der Waals surface area contributed by atoms with Crippen molar-refractivity contribution in [2.24, 2.45) is 0 Å². The SMILES string of the molecule is C=Cc1ccccc1.CF. The van der Waals surface area contributed by atoms with Crippen LogP contribution >= 0.6 is 0 Å². The molecule has 0 aromatic heterocycles. The molecule has 0 amide bonds. The minimum Gasteiger partial charge on any atom is -0.255 e. The van der Waals surface area contributed by atoms with Gasteiger partial charge in [-0.3, -0.25) is 4.39 Å². The third-order valence-electron chi connectivity index (χ3n) is 1.04. The van der Waals surface area contributed by atoms with Gasteiger partial charge in [0, 0.05) is 0 Å². The second-order valence-corrected chi connectivity index (χ2v) is 1.61. The Morgan fingerprint density at radius 2 is 1.70 bits per heavy atom. The Hall–Kier alpha value is -1.11. The average molecular weight is 138 g/mol. The van der Waals surface area contributed by atoms with Crippen LogP contribution in [0.25, 0.3) is 6.08 Å². The Morgan fingerprint density at radius 3 is 2.00 bits per heavy atom. The summed E-state index contributed by atoms with van der Waals surface area (Å²) in [5, 5.41) is 0. The molecule has 0 saturated heterocycles. The van der Waals surface area contributed by atoms with Gasteiger partial charge in [0.25, 0.3) is 0 Å². The van der Waals surface area contributed by atoms with Crippen molar-refractivity contribution in [2.45, 2.75) is 0 Å². The summed E-state index contributed by atoms with van der Waals surface area (Å²) < 4.78 is 9.50. The highest BCUT2D eigenvalue weighted by Gasteiger charge is 1.75. The Balaban J connectivity index is 0.000000371. The van der Waals surface area contributed by atoms with Gasteiger partial charge in [0.2, 0.25) is 0 Å². The fraction of sp³-hybridized carbons (Fsp3) is 0.111. The van der Waals surface area contributed by atoms with Crippen LogP contribution in [-0.2, 0) is 0 Å². The zero-order chi connectivity index (χ0) is 7.82. The van der Waals surface area contributed by atoms with E-state index in [-0.39, 0.29) is 0 Å². The Kier molecular flexibility index (Phi) is 5.35. The molecule has 0 spiro atoms. The second-order valence-electron chi connectivity index (χ2n) is 1.61. The standard InChI is InChI=1S/C8H8.CH3F/c1-2-8-6-4-3-5-7-8;1-2/h2-7H,1H2;1H3. The van der Waals surface area contributed by atoms with Crippen molar-refractivity contribution in [1.82, 2.24) is 0 Å². The average Bonchev–Trinajstić information content (AvgIpc) is 2.10. The molecular weight excluding hydrogens is 127 g/mol. The third kappa shape index (κ3) is 3.02. The van der Waals surface area contributed by atoms with Gasteiger partial charge in [0.1, 0.15) is 0 Å². The van der Waals surface area contributed by atoms with Gasteiger partial charge < -0.3 is 0 Å². The summed E-state index contributed by atoms with van der Waals surface area (Å²) in [5.41, 5.74) is 1.17. The third-order valence-corrected chi connectivity index (χ3v) is 1.04. The molecule has 0 heterocycles. The van der Waals surface area contributed by atoms with E-state index in [1.54, 1.807) is 0 Å². The van der Waals surface area contributed by atoms with Crippen molar-refractivity contribution in [2.75, 3.05) is 7.18 Å². The van der Waals surface area contributed by atoms with E-state index < -0.39 is 0 Å². The number of halogens is 1. The van der Waals surface area contributed by atoms with Gasteiger partial charge in [-0.2, -0.15) is 0 Å². The van der Waals surface area contributed by atoms with Gasteiger partial charge in [0.05, 0.1) is 7.18 Å². The van der Waals surface area contributed by atoms with Crippen LogP contribution in [0, 0.1) is 0 Å². The van der Waals surface area contributed by atoms with E-state index in [1.165, 1.54) is 5.56 Å². The zero-order valence-corrected chi connectivity index (χ0v) is 6.05. The van der Waals surface area contributed by atoms with Gasteiger partial charge in [-0.05, 0) is 5.56 Å². The van der Waals surface area contributed by atoms with Crippen molar-refractivity contribution in [3.05, 3.63) is 42.5 Å². The summed E-state index contributed by atoms with van der Waals surface area (Å²) in [7, 11) is 0.500. The lowest BCUT2D eigenvalue weighted by molar-refractivity contribution is 0.636. The van der Waals surface area contributed by atoms with Crippen LogP contribution in [0.15, 0.2) is 36.9 Å². The van der Waals surface area contributed by atoms with Crippen molar-refractivity contribution in [1.29, 1.82) is 0 Å². The van der Waals surface area contributed by atoms with E-state index in [0.717, 1.165) is 0 Å². The van der Waals surface area contributed by atoms with E-state index in [4.69, 9.17) is 0 Å². The summed E-state index contributed by atoms with van der Waals surface area (Å²) in [4.78, 5) is 0. The first-order chi connectivity index (χ1) is 4.93. The predicted molar refractivity (Wildman–Crippen MR) is 43.6 cm³/mol. The fourth-order valence-corrected chi connectivity index (χ4v) is 0.589. The van der Waals surface area contributed by atoms with Gasteiger partial charge >= 0.3 is 0 Å². The molecule has 0 atom stereocenters. The first-order valence-electron chi connectivity index (χ1n) is 2.99. The molecule has 0 nitrogen and oxygen atoms in total. The normalized spacial score (nSPS) is 7.40. The largest absolute Gasteiger partial charge is 0.255 e. The van der Waals surface area contributed by atoms with Crippen LogP contribution in [0.5, 0.6) is 0 Å². The highest BCUT2D eigenvalue weighted by Crippen LogP contribution is 1.97. The maximum Gasteiger partial charge on any atom is 0.0785 e. The molecule has 1 aromatic rings. The van der Waals surface area contributed by atoms with Crippen molar-refractivity contribution in [3.8, 4) is 0 Å². The first-order valence-corrected chi connectivity index (χ1v) is 2.99. The molecule has 0 unspecified atom stereocenters. The molecule has 0 aliphatic rings. The summed E-state index contributed by atoms with van der Waals surface area (Å²) in [6, 6.07) is 10.0. The molecule has 0 aliphatic carbocycles. The highest BCUT2D eigenvalue weighted by molar-refractivity contribution is 5.45. The second kappa shape index (κ2) is 6.02. The molecule has 1 aromatic carbocycles. The van der Waals surface area contributed by atoms with Gasteiger partial charge in [-0.15, -0.1) is 0 Å². The van der Waals surface area contributed by atoms with Gasteiger partial charge in [-0.25, -0.2) is 0 Å². The quantitative estimate of drug-likeness (QED) is 0.559.